The van der Waals surface area contributed by atoms with Crippen LogP contribution in [0.5, 0.6) is 0 Å². The second-order valence-electron chi connectivity index (χ2n) is 5.25. The van der Waals surface area contributed by atoms with Gasteiger partial charge in [0.05, 0.1) is 23.8 Å². The number of carbonyl (C=O) groups is 1. The van der Waals surface area contributed by atoms with Gasteiger partial charge in [-0.1, -0.05) is 60.7 Å². The Morgan fingerprint density at radius 1 is 0.607 bits per heavy atom. The molecular weight excluding hydrogens is 484 g/mol. The highest BCUT2D eigenvalue weighted by atomic mass is 79.9. The zero-order valence-corrected chi connectivity index (χ0v) is 17.9. The maximum Gasteiger partial charge on any atom is 0.106 e. The third kappa shape index (κ3) is 6.75. The summed E-state index contributed by atoms with van der Waals surface area (Å²) in [6, 6.07) is 23.8. The van der Waals surface area contributed by atoms with Gasteiger partial charge in [0, 0.05) is 20.1 Å². The highest BCUT2D eigenvalue weighted by molar-refractivity contribution is 9.10. The Bertz CT molecular complexity index is 905. The molecule has 0 saturated heterocycles. The van der Waals surface area contributed by atoms with Crippen molar-refractivity contribution in [2.24, 2.45) is 0 Å². The number of halogens is 2. The summed E-state index contributed by atoms with van der Waals surface area (Å²) in [6.45, 7) is 2.00. The highest BCUT2D eigenvalue weighted by Crippen LogP contribution is 2.19. The van der Waals surface area contributed by atoms with E-state index in [4.69, 9.17) is 4.79 Å². The molecule has 0 saturated carbocycles. The van der Waals surface area contributed by atoms with Crippen molar-refractivity contribution in [2.45, 2.75) is 0 Å². The normalized spacial score (nSPS) is 9.36. The molecule has 0 spiro atoms. The first-order chi connectivity index (χ1) is 13.7. The van der Waals surface area contributed by atoms with Gasteiger partial charge in [-0.2, -0.15) is 20.4 Å². The van der Waals surface area contributed by atoms with E-state index in [1.54, 1.807) is 12.4 Å². The van der Waals surface area contributed by atoms with E-state index < -0.39 is 0 Å². The number of hydrogen-bond donors (Lipinski definition) is 0. The van der Waals surface area contributed by atoms with Crippen LogP contribution in [0.3, 0.4) is 0 Å². The van der Waals surface area contributed by atoms with Crippen molar-refractivity contribution in [3.05, 3.63) is 94.1 Å². The first-order valence-corrected chi connectivity index (χ1v) is 9.67. The second-order valence-corrected chi connectivity index (χ2v) is 7.08. The zero-order chi connectivity index (χ0) is 20.2. The Balaban J connectivity index is 0.000000184. The van der Waals surface area contributed by atoms with Gasteiger partial charge < -0.3 is 4.79 Å². The van der Waals surface area contributed by atoms with Gasteiger partial charge in [-0.25, -0.2) is 0 Å². The molecule has 0 atom stereocenters. The maximum atomic E-state index is 8.00. The second kappa shape index (κ2) is 11.8. The van der Waals surface area contributed by atoms with E-state index in [1.165, 1.54) is 0 Å². The van der Waals surface area contributed by atoms with Gasteiger partial charge in [0.1, 0.15) is 6.79 Å². The highest BCUT2D eigenvalue weighted by Gasteiger charge is 1.99. The predicted octanol–water partition coefficient (Wildman–Crippen LogP) is 5.63. The van der Waals surface area contributed by atoms with Gasteiger partial charge in [-0.3, -0.25) is 0 Å². The average Bonchev–Trinajstić information content (AvgIpc) is 2.77. The Morgan fingerprint density at radius 2 is 0.964 bits per heavy atom. The molecule has 2 aromatic heterocycles. The summed E-state index contributed by atoms with van der Waals surface area (Å²) in [5.74, 6) is 0. The average molecular weight is 500 g/mol. The predicted molar refractivity (Wildman–Crippen MR) is 117 cm³/mol. The van der Waals surface area contributed by atoms with E-state index in [9.17, 15) is 0 Å². The summed E-state index contributed by atoms with van der Waals surface area (Å²) in [6.07, 6.45) is 3.35. The zero-order valence-electron chi connectivity index (χ0n) is 14.7. The summed E-state index contributed by atoms with van der Waals surface area (Å²) in [4.78, 5) is 8.00. The summed E-state index contributed by atoms with van der Waals surface area (Å²) < 4.78 is 1.89. The molecular formula is C21H16Br2N4O. The van der Waals surface area contributed by atoms with Gasteiger partial charge in [-0.15, -0.1) is 0 Å². The van der Waals surface area contributed by atoms with E-state index in [0.29, 0.717) is 0 Å². The third-order valence-electron chi connectivity index (χ3n) is 3.38. The molecule has 0 aliphatic heterocycles. The molecule has 4 rings (SSSR count). The minimum Gasteiger partial charge on any atom is -0.307 e. The minimum absolute atomic E-state index is 0.884. The molecule has 0 bridgehead atoms. The van der Waals surface area contributed by atoms with Gasteiger partial charge in [0.25, 0.3) is 0 Å². The molecule has 7 heteroatoms. The van der Waals surface area contributed by atoms with Crippen LogP contribution in [-0.2, 0) is 4.79 Å². The minimum atomic E-state index is 0.884. The lowest BCUT2D eigenvalue weighted by atomic mass is 10.1. The van der Waals surface area contributed by atoms with Crippen LogP contribution in [0.2, 0.25) is 0 Å². The largest absolute Gasteiger partial charge is 0.307 e. The fraction of sp³-hybridized carbons (Fsp3) is 0. The SMILES string of the molecule is Brc1cnnc(-c2ccccc2)c1.Brc1cnnc(-c2ccccc2)c1.C=O. The van der Waals surface area contributed by atoms with Crippen LogP contribution >= 0.6 is 31.9 Å². The number of hydrogen-bond acceptors (Lipinski definition) is 5. The molecule has 0 fully saturated rings. The van der Waals surface area contributed by atoms with Crippen molar-refractivity contribution in [2.75, 3.05) is 0 Å². The van der Waals surface area contributed by atoms with Crippen LogP contribution < -0.4 is 0 Å². The maximum absolute atomic E-state index is 8.00. The monoisotopic (exact) mass is 498 g/mol. The number of rotatable bonds is 2. The molecule has 5 nitrogen and oxygen atoms in total. The fourth-order valence-corrected chi connectivity index (χ4v) is 2.80. The van der Waals surface area contributed by atoms with E-state index in [2.05, 4.69) is 52.3 Å². The molecule has 0 aliphatic rings. The van der Waals surface area contributed by atoms with Crippen LogP contribution in [0.25, 0.3) is 22.5 Å². The van der Waals surface area contributed by atoms with Gasteiger partial charge in [0.2, 0.25) is 0 Å². The quantitative estimate of drug-likeness (QED) is 0.357. The van der Waals surface area contributed by atoms with Crippen molar-refractivity contribution in [1.82, 2.24) is 20.4 Å². The standard InChI is InChI=1S/2C10H7BrN2.CH2O/c2*11-9-6-10(13-12-7-9)8-4-2-1-3-5-8;1-2/h2*1-7H;1H2. The molecule has 140 valence electrons. The van der Waals surface area contributed by atoms with Gasteiger partial charge in [0.15, 0.2) is 0 Å². The molecule has 4 aromatic rings. The van der Waals surface area contributed by atoms with E-state index in [0.717, 1.165) is 31.5 Å². The topological polar surface area (TPSA) is 68.6 Å². The van der Waals surface area contributed by atoms with Crippen LogP contribution in [-0.4, -0.2) is 27.2 Å². The number of carbonyl (C=O) groups excluding carboxylic acids is 1. The van der Waals surface area contributed by atoms with E-state index in [1.807, 2.05) is 79.6 Å². The summed E-state index contributed by atoms with van der Waals surface area (Å²) in [5, 5.41) is 15.8. The van der Waals surface area contributed by atoms with Crippen molar-refractivity contribution in [3.8, 4) is 22.5 Å². The van der Waals surface area contributed by atoms with Crippen LogP contribution in [0.4, 0.5) is 0 Å². The van der Waals surface area contributed by atoms with E-state index >= 15 is 0 Å². The molecule has 0 radical (unpaired) electrons. The van der Waals surface area contributed by atoms with Crippen LogP contribution in [0, 0.1) is 0 Å². The van der Waals surface area contributed by atoms with Crippen LogP contribution in [0.15, 0.2) is 94.1 Å². The molecule has 28 heavy (non-hydrogen) atoms. The molecule has 0 aliphatic carbocycles. The molecule has 2 heterocycles. The summed E-state index contributed by atoms with van der Waals surface area (Å²) in [7, 11) is 0. The molecule has 2 aromatic carbocycles. The molecule has 0 unspecified atom stereocenters. The Kier molecular flexibility index (Phi) is 9.10. The third-order valence-corrected chi connectivity index (χ3v) is 4.25. The van der Waals surface area contributed by atoms with Crippen molar-refractivity contribution >= 4 is 38.6 Å². The summed E-state index contributed by atoms with van der Waals surface area (Å²) in [5.41, 5.74) is 3.93. The Morgan fingerprint density at radius 3 is 1.29 bits per heavy atom. The van der Waals surface area contributed by atoms with Crippen molar-refractivity contribution in [1.29, 1.82) is 0 Å². The van der Waals surface area contributed by atoms with Gasteiger partial charge in [-0.05, 0) is 44.0 Å². The molecule has 0 N–H and O–H groups in total. The van der Waals surface area contributed by atoms with E-state index in [-0.39, 0.29) is 0 Å². The Hall–Kier alpha value is -2.77. The first kappa shape index (κ1) is 21.5. The van der Waals surface area contributed by atoms with Crippen LogP contribution in [0.1, 0.15) is 0 Å². The lowest BCUT2D eigenvalue weighted by molar-refractivity contribution is -0.0979. The van der Waals surface area contributed by atoms with Crippen molar-refractivity contribution in [3.63, 3.8) is 0 Å². The lowest BCUT2D eigenvalue weighted by Crippen LogP contribution is -1.85. The molecule has 0 amide bonds. The van der Waals surface area contributed by atoms with Gasteiger partial charge >= 0.3 is 0 Å². The summed E-state index contributed by atoms with van der Waals surface area (Å²) >= 11 is 6.71. The number of aromatic nitrogens is 4. The number of nitrogens with zero attached hydrogens (tertiary/aromatic N) is 4. The fourth-order valence-electron chi connectivity index (χ4n) is 2.19. The van der Waals surface area contributed by atoms with Crippen molar-refractivity contribution < 1.29 is 4.79 Å². The number of benzene rings is 2. The Labute approximate surface area is 180 Å². The first-order valence-electron chi connectivity index (χ1n) is 8.08. The lowest BCUT2D eigenvalue weighted by Gasteiger charge is -1.98. The smallest absolute Gasteiger partial charge is 0.106 e.